The molecule has 1 heterocycles. The lowest BCUT2D eigenvalue weighted by molar-refractivity contribution is -0.137. The van der Waals surface area contributed by atoms with Crippen molar-refractivity contribution >= 4 is 24.2 Å². The summed E-state index contributed by atoms with van der Waals surface area (Å²) in [5, 5.41) is 0.0583. The monoisotopic (exact) mass is 227 g/mol. The predicted octanol–water partition coefficient (Wildman–Crippen LogP) is 3.18. The largest absolute Gasteiger partial charge is 0.417 e. The SMILES string of the molecule is FC(F)(F)c1cnc(Cl)c(CS)c1. The quantitative estimate of drug-likeness (QED) is 0.574. The highest BCUT2D eigenvalue weighted by atomic mass is 35.5. The number of rotatable bonds is 1. The summed E-state index contributed by atoms with van der Waals surface area (Å²) in [4.78, 5) is 3.41. The van der Waals surface area contributed by atoms with Gasteiger partial charge in [-0.15, -0.1) is 0 Å². The number of halogens is 4. The Morgan fingerprint density at radius 3 is 2.54 bits per heavy atom. The van der Waals surface area contributed by atoms with Gasteiger partial charge in [0, 0.05) is 11.9 Å². The molecule has 0 fully saturated rings. The minimum absolute atomic E-state index is 0.0583. The van der Waals surface area contributed by atoms with Crippen molar-refractivity contribution in [3.8, 4) is 0 Å². The van der Waals surface area contributed by atoms with Crippen LogP contribution in [0, 0.1) is 0 Å². The molecule has 0 saturated carbocycles. The van der Waals surface area contributed by atoms with Gasteiger partial charge in [-0.2, -0.15) is 25.8 Å². The Morgan fingerprint density at radius 1 is 1.46 bits per heavy atom. The molecule has 0 unspecified atom stereocenters. The third-order valence-electron chi connectivity index (χ3n) is 1.41. The number of hydrogen-bond donors (Lipinski definition) is 1. The van der Waals surface area contributed by atoms with Gasteiger partial charge in [0.1, 0.15) is 5.15 Å². The van der Waals surface area contributed by atoms with Crippen molar-refractivity contribution in [3.05, 3.63) is 28.5 Å². The van der Waals surface area contributed by atoms with Gasteiger partial charge >= 0.3 is 6.18 Å². The summed E-state index contributed by atoms with van der Waals surface area (Å²) in [6.07, 6.45) is -3.68. The summed E-state index contributed by atoms with van der Waals surface area (Å²) in [5.74, 6) is 0.135. The second-order valence-corrected chi connectivity index (χ2v) is 3.00. The zero-order valence-corrected chi connectivity index (χ0v) is 7.92. The fraction of sp³-hybridized carbons (Fsp3) is 0.286. The van der Waals surface area contributed by atoms with Crippen molar-refractivity contribution in [1.29, 1.82) is 0 Å². The van der Waals surface area contributed by atoms with E-state index >= 15 is 0 Å². The van der Waals surface area contributed by atoms with Gasteiger partial charge in [-0.3, -0.25) is 0 Å². The first-order valence-electron chi connectivity index (χ1n) is 3.27. The van der Waals surface area contributed by atoms with E-state index < -0.39 is 11.7 Å². The average Bonchev–Trinajstić information content (AvgIpc) is 2.03. The first kappa shape index (κ1) is 10.7. The molecule has 72 valence electrons. The molecule has 0 N–H and O–H groups in total. The van der Waals surface area contributed by atoms with Crippen LogP contribution in [-0.2, 0) is 11.9 Å². The van der Waals surface area contributed by atoms with E-state index in [2.05, 4.69) is 17.6 Å². The summed E-state index contributed by atoms with van der Waals surface area (Å²) in [6, 6.07) is 0.947. The maximum atomic E-state index is 12.1. The minimum Gasteiger partial charge on any atom is -0.244 e. The Morgan fingerprint density at radius 2 is 2.08 bits per heavy atom. The van der Waals surface area contributed by atoms with Gasteiger partial charge in [0.05, 0.1) is 5.56 Å². The molecule has 0 radical (unpaired) electrons. The van der Waals surface area contributed by atoms with Gasteiger partial charge in [-0.25, -0.2) is 4.98 Å². The lowest BCUT2D eigenvalue weighted by Gasteiger charge is -2.07. The molecule has 0 aliphatic heterocycles. The number of aromatic nitrogens is 1. The van der Waals surface area contributed by atoms with Gasteiger partial charge in [-0.1, -0.05) is 11.6 Å². The number of pyridine rings is 1. The molecule has 1 aromatic rings. The van der Waals surface area contributed by atoms with Crippen LogP contribution in [0.3, 0.4) is 0 Å². The predicted molar refractivity (Wildman–Crippen MR) is 46.9 cm³/mol. The molecule has 1 aromatic heterocycles. The third kappa shape index (κ3) is 2.51. The maximum Gasteiger partial charge on any atom is 0.417 e. The second kappa shape index (κ2) is 3.75. The standard InChI is InChI=1S/C7H5ClF3NS/c8-6-4(3-13)1-5(2-12-6)7(9,10)11/h1-2,13H,3H2. The van der Waals surface area contributed by atoms with E-state index in [1.54, 1.807) is 0 Å². The highest BCUT2D eigenvalue weighted by Crippen LogP contribution is 2.30. The molecule has 0 spiro atoms. The van der Waals surface area contributed by atoms with Crippen LogP contribution in [-0.4, -0.2) is 4.98 Å². The molecule has 0 aromatic carbocycles. The van der Waals surface area contributed by atoms with Gasteiger partial charge in [0.15, 0.2) is 0 Å². The topological polar surface area (TPSA) is 12.9 Å². The summed E-state index contributed by atoms with van der Waals surface area (Å²) in [6.45, 7) is 0. The molecule has 0 amide bonds. The summed E-state index contributed by atoms with van der Waals surface area (Å²) >= 11 is 9.35. The molecule has 6 heteroatoms. The summed E-state index contributed by atoms with van der Waals surface area (Å²) in [7, 11) is 0. The summed E-state index contributed by atoms with van der Waals surface area (Å²) in [5.41, 5.74) is -0.527. The van der Waals surface area contributed by atoms with E-state index in [0.29, 0.717) is 6.20 Å². The van der Waals surface area contributed by atoms with Crippen LogP contribution < -0.4 is 0 Å². The Kier molecular flexibility index (Phi) is 3.08. The van der Waals surface area contributed by atoms with E-state index in [9.17, 15) is 13.2 Å². The highest BCUT2D eigenvalue weighted by Gasteiger charge is 2.31. The summed E-state index contributed by atoms with van der Waals surface area (Å²) < 4.78 is 36.4. The van der Waals surface area contributed by atoms with Crippen molar-refractivity contribution < 1.29 is 13.2 Å². The normalized spacial score (nSPS) is 11.8. The zero-order valence-electron chi connectivity index (χ0n) is 6.27. The first-order valence-corrected chi connectivity index (χ1v) is 4.28. The van der Waals surface area contributed by atoms with E-state index in [0.717, 1.165) is 6.07 Å². The van der Waals surface area contributed by atoms with E-state index in [1.807, 2.05) is 0 Å². The van der Waals surface area contributed by atoms with Crippen molar-refractivity contribution in [2.24, 2.45) is 0 Å². The van der Waals surface area contributed by atoms with Crippen LogP contribution in [0.15, 0.2) is 12.3 Å². The van der Waals surface area contributed by atoms with Gasteiger partial charge in [-0.05, 0) is 11.6 Å². The molecule has 0 saturated heterocycles. The van der Waals surface area contributed by atoms with Crippen LogP contribution in [0.5, 0.6) is 0 Å². The van der Waals surface area contributed by atoms with Gasteiger partial charge < -0.3 is 0 Å². The van der Waals surface area contributed by atoms with Crippen molar-refractivity contribution in [1.82, 2.24) is 4.98 Å². The molecule has 1 nitrogen and oxygen atoms in total. The second-order valence-electron chi connectivity index (χ2n) is 2.33. The van der Waals surface area contributed by atoms with Gasteiger partial charge in [0.25, 0.3) is 0 Å². The first-order chi connectivity index (χ1) is 5.95. The van der Waals surface area contributed by atoms with Crippen molar-refractivity contribution in [2.45, 2.75) is 11.9 Å². The van der Waals surface area contributed by atoms with Gasteiger partial charge in [0.2, 0.25) is 0 Å². The fourth-order valence-electron chi connectivity index (χ4n) is 0.760. The molecule has 1 rings (SSSR count). The Hall–Kier alpha value is -0.420. The van der Waals surface area contributed by atoms with Crippen molar-refractivity contribution in [3.63, 3.8) is 0 Å². The zero-order chi connectivity index (χ0) is 10.1. The molecular formula is C7H5ClF3NS. The van der Waals surface area contributed by atoms with E-state index in [1.165, 1.54) is 0 Å². The fourth-order valence-corrected chi connectivity index (χ4v) is 1.26. The number of nitrogens with zero attached hydrogens (tertiary/aromatic N) is 1. The molecule has 0 aliphatic carbocycles. The smallest absolute Gasteiger partial charge is 0.244 e. The highest BCUT2D eigenvalue weighted by molar-refractivity contribution is 7.79. The lowest BCUT2D eigenvalue weighted by atomic mass is 10.2. The van der Waals surface area contributed by atoms with Crippen LogP contribution >= 0.6 is 24.2 Å². The molecule has 0 atom stereocenters. The average molecular weight is 228 g/mol. The Balaban J connectivity index is 3.14. The van der Waals surface area contributed by atoms with E-state index in [-0.39, 0.29) is 16.5 Å². The van der Waals surface area contributed by atoms with Crippen molar-refractivity contribution in [2.75, 3.05) is 0 Å². The number of thiol groups is 1. The molecule has 0 bridgehead atoms. The molecular weight excluding hydrogens is 223 g/mol. The van der Waals surface area contributed by atoms with Crippen LogP contribution in [0.2, 0.25) is 5.15 Å². The third-order valence-corrected chi connectivity index (χ3v) is 2.09. The van der Waals surface area contributed by atoms with Crippen LogP contribution in [0.1, 0.15) is 11.1 Å². The molecule has 0 aliphatic rings. The van der Waals surface area contributed by atoms with Crippen LogP contribution in [0.4, 0.5) is 13.2 Å². The Bertz CT molecular complexity index is 313. The number of alkyl halides is 3. The van der Waals surface area contributed by atoms with E-state index in [4.69, 9.17) is 11.6 Å². The Labute approximate surface area is 83.3 Å². The minimum atomic E-state index is -4.38. The molecule has 13 heavy (non-hydrogen) atoms. The van der Waals surface area contributed by atoms with Crippen LogP contribution in [0.25, 0.3) is 0 Å². The number of hydrogen-bond acceptors (Lipinski definition) is 2. The lowest BCUT2D eigenvalue weighted by Crippen LogP contribution is -2.06. The maximum absolute atomic E-state index is 12.1.